The summed E-state index contributed by atoms with van der Waals surface area (Å²) in [5, 5.41) is 8.60. The molecule has 2 aliphatic rings. The normalized spacial score (nSPS) is 19.6. The van der Waals surface area contributed by atoms with Gasteiger partial charge in [0.25, 0.3) is 0 Å². The van der Waals surface area contributed by atoms with Crippen molar-refractivity contribution in [1.82, 2.24) is 14.8 Å². The Hall–Kier alpha value is -2.28. The molecule has 4 rings (SSSR count). The first-order valence-corrected chi connectivity index (χ1v) is 9.11. The molecule has 6 nitrogen and oxygen atoms in total. The van der Waals surface area contributed by atoms with Gasteiger partial charge in [0.15, 0.2) is 5.78 Å². The molecule has 0 bridgehead atoms. The summed E-state index contributed by atoms with van der Waals surface area (Å²) < 4.78 is 7.18. The fourth-order valence-corrected chi connectivity index (χ4v) is 3.69. The van der Waals surface area contributed by atoms with Gasteiger partial charge in [0.2, 0.25) is 11.1 Å². The van der Waals surface area contributed by atoms with Crippen LogP contribution >= 0.6 is 11.8 Å². The first-order valence-electron chi connectivity index (χ1n) is 7.89. The van der Waals surface area contributed by atoms with Crippen molar-refractivity contribution in [1.29, 1.82) is 0 Å². The molecule has 2 heterocycles. The largest absolute Gasteiger partial charge is 0.497 e. The van der Waals surface area contributed by atoms with Crippen LogP contribution in [0.25, 0.3) is 0 Å². The molecule has 0 fully saturated rings. The van der Waals surface area contributed by atoms with Crippen LogP contribution in [0.1, 0.15) is 30.9 Å². The fourth-order valence-electron chi connectivity index (χ4n) is 3.34. The number of nitrogens with one attached hydrogen (secondary N) is 1. The van der Waals surface area contributed by atoms with E-state index in [4.69, 9.17) is 4.74 Å². The number of benzene rings is 1. The van der Waals surface area contributed by atoms with Crippen LogP contribution in [0.4, 0.5) is 5.95 Å². The summed E-state index contributed by atoms with van der Waals surface area (Å²) in [4.78, 5) is 17.2. The lowest BCUT2D eigenvalue weighted by Crippen LogP contribution is -2.31. The number of rotatable bonds is 3. The number of carbonyl (C=O) groups is 1. The third-order valence-corrected chi connectivity index (χ3v) is 4.98. The number of hydrogen-bond acceptors (Lipinski definition) is 6. The molecule has 1 aliphatic heterocycles. The zero-order chi connectivity index (χ0) is 16.7. The van der Waals surface area contributed by atoms with Crippen LogP contribution in [0.3, 0.4) is 0 Å². The number of allylic oxidation sites excluding steroid dienone is 2. The Labute approximate surface area is 144 Å². The number of ketones is 1. The van der Waals surface area contributed by atoms with E-state index >= 15 is 0 Å². The Bertz CT molecular complexity index is 843. The van der Waals surface area contributed by atoms with Crippen molar-refractivity contribution in [2.24, 2.45) is 0 Å². The topological polar surface area (TPSA) is 69.0 Å². The van der Waals surface area contributed by atoms with Crippen molar-refractivity contribution in [2.75, 3.05) is 18.7 Å². The smallest absolute Gasteiger partial charge is 0.227 e. The number of thioether (sulfide) groups is 1. The van der Waals surface area contributed by atoms with Gasteiger partial charge in [-0.2, -0.15) is 4.98 Å². The molecule has 0 amide bonds. The van der Waals surface area contributed by atoms with E-state index in [1.165, 1.54) is 11.8 Å². The number of nitrogens with zero attached hydrogens (tertiary/aromatic N) is 3. The highest BCUT2D eigenvalue weighted by molar-refractivity contribution is 7.98. The minimum atomic E-state index is -0.257. The van der Waals surface area contributed by atoms with Gasteiger partial charge < -0.3 is 10.1 Å². The van der Waals surface area contributed by atoms with Crippen LogP contribution < -0.4 is 10.1 Å². The summed E-state index contributed by atoms with van der Waals surface area (Å²) >= 11 is 1.49. The fraction of sp³-hybridized carbons (Fsp3) is 0.353. The number of methoxy groups -OCH3 is 1. The van der Waals surface area contributed by atoms with E-state index in [2.05, 4.69) is 15.4 Å². The Morgan fingerprint density at radius 3 is 3.04 bits per heavy atom. The van der Waals surface area contributed by atoms with E-state index < -0.39 is 0 Å². The zero-order valence-electron chi connectivity index (χ0n) is 13.6. The molecule has 0 unspecified atom stereocenters. The molecular weight excluding hydrogens is 324 g/mol. The molecule has 1 atom stereocenters. The standard InChI is InChI=1S/C17H18N4O2S/c1-23-11-6-3-5-10(9-11)15-14-12(7-4-8-13(14)22)18-16-19-17(24-2)20-21(15)16/h3,5-6,9,15H,4,7-8H2,1-2H3,(H,18,19,20)/t15-/m0/s1. The van der Waals surface area contributed by atoms with Crippen LogP contribution in [0.15, 0.2) is 40.7 Å². The van der Waals surface area contributed by atoms with Crippen LogP contribution in [0.2, 0.25) is 0 Å². The molecule has 0 spiro atoms. The van der Waals surface area contributed by atoms with Gasteiger partial charge in [-0.25, -0.2) is 4.68 Å². The van der Waals surface area contributed by atoms with Crippen molar-refractivity contribution < 1.29 is 9.53 Å². The van der Waals surface area contributed by atoms with Gasteiger partial charge in [0.05, 0.1) is 7.11 Å². The maximum Gasteiger partial charge on any atom is 0.227 e. The third kappa shape index (κ3) is 2.39. The predicted molar refractivity (Wildman–Crippen MR) is 92.4 cm³/mol. The summed E-state index contributed by atoms with van der Waals surface area (Å²) in [5.74, 6) is 1.65. The molecule has 2 aromatic rings. The van der Waals surface area contributed by atoms with Gasteiger partial charge >= 0.3 is 0 Å². The highest BCUT2D eigenvalue weighted by Gasteiger charge is 2.36. The second-order valence-corrected chi connectivity index (χ2v) is 6.61. The summed E-state index contributed by atoms with van der Waals surface area (Å²) in [6.45, 7) is 0. The molecule has 0 saturated heterocycles. The Kier molecular flexibility index (Phi) is 3.80. The van der Waals surface area contributed by atoms with Crippen LogP contribution in [0, 0.1) is 0 Å². The van der Waals surface area contributed by atoms with E-state index in [1.807, 2.05) is 35.2 Å². The number of fused-ring (bicyclic) bond motifs is 1. The SMILES string of the molecule is COc1cccc([C@H]2C3=C(CCCC3=O)Nc3nc(SC)nn32)c1. The number of anilines is 1. The maximum atomic E-state index is 12.7. The van der Waals surface area contributed by atoms with E-state index in [9.17, 15) is 4.79 Å². The maximum absolute atomic E-state index is 12.7. The Morgan fingerprint density at radius 2 is 2.25 bits per heavy atom. The first kappa shape index (κ1) is 15.3. The molecule has 0 saturated carbocycles. The lowest BCUT2D eigenvalue weighted by atomic mass is 9.85. The average molecular weight is 342 g/mol. The molecule has 24 heavy (non-hydrogen) atoms. The molecule has 1 aromatic carbocycles. The minimum Gasteiger partial charge on any atom is -0.497 e. The van der Waals surface area contributed by atoms with E-state index in [1.54, 1.807) is 7.11 Å². The van der Waals surface area contributed by atoms with Gasteiger partial charge in [-0.15, -0.1) is 5.10 Å². The lowest BCUT2D eigenvalue weighted by Gasteiger charge is -2.32. The monoisotopic (exact) mass is 342 g/mol. The highest BCUT2D eigenvalue weighted by Crippen LogP contribution is 2.40. The summed E-state index contributed by atoms with van der Waals surface area (Å²) in [6, 6.07) is 7.56. The average Bonchev–Trinajstić information content (AvgIpc) is 3.03. The molecule has 7 heteroatoms. The van der Waals surface area contributed by atoms with Crippen molar-refractivity contribution >= 4 is 23.5 Å². The van der Waals surface area contributed by atoms with Gasteiger partial charge in [0.1, 0.15) is 11.8 Å². The molecule has 1 aromatic heterocycles. The van der Waals surface area contributed by atoms with Gasteiger partial charge in [0, 0.05) is 17.7 Å². The van der Waals surface area contributed by atoms with Crippen LogP contribution in [0.5, 0.6) is 5.75 Å². The Balaban J connectivity index is 1.90. The summed E-state index contributed by atoms with van der Waals surface area (Å²) in [5.41, 5.74) is 2.77. The molecular formula is C17H18N4O2S. The molecule has 124 valence electrons. The van der Waals surface area contributed by atoms with Gasteiger partial charge in [-0.05, 0) is 36.8 Å². The minimum absolute atomic E-state index is 0.184. The summed E-state index contributed by atoms with van der Waals surface area (Å²) in [6.07, 6.45) is 4.27. The van der Waals surface area contributed by atoms with Crippen molar-refractivity contribution in [2.45, 2.75) is 30.5 Å². The van der Waals surface area contributed by atoms with E-state index in [-0.39, 0.29) is 11.8 Å². The second-order valence-electron chi connectivity index (χ2n) is 5.84. The molecule has 0 radical (unpaired) electrons. The zero-order valence-corrected chi connectivity index (χ0v) is 14.4. The van der Waals surface area contributed by atoms with E-state index in [0.717, 1.165) is 35.4 Å². The van der Waals surface area contributed by atoms with Crippen molar-refractivity contribution in [3.05, 3.63) is 41.1 Å². The van der Waals surface area contributed by atoms with Crippen molar-refractivity contribution in [3.8, 4) is 5.75 Å². The van der Waals surface area contributed by atoms with Gasteiger partial charge in [-0.3, -0.25) is 4.79 Å². The number of ether oxygens (including phenoxy) is 1. The van der Waals surface area contributed by atoms with E-state index in [0.29, 0.717) is 17.5 Å². The third-order valence-electron chi connectivity index (χ3n) is 4.44. The van der Waals surface area contributed by atoms with Gasteiger partial charge in [-0.1, -0.05) is 23.9 Å². The number of aromatic nitrogens is 3. The quantitative estimate of drug-likeness (QED) is 0.865. The number of carbonyl (C=O) groups excluding carboxylic acids is 1. The highest BCUT2D eigenvalue weighted by atomic mass is 32.2. The molecule has 1 N–H and O–H groups in total. The predicted octanol–water partition coefficient (Wildman–Crippen LogP) is 3.03. The molecule has 1 aliphatic carbocycles. The Morgan fingerprint density at radius 1 is 1.38 bits per heavy atom. The number of Topliss-reactive ketones (excluding diaryl/α,β-unsaturated/α-hetero) is 1. The van der Waals surface area contributed by atoms with Crippen LogP contribution in [-0.2, 0) is 4.79 Å². The second kappa shape index (κ2) is 5.98. The number of hydrogen-bond donors (Lipinski definition) is 1. The first-order chi connectivity index (χ1) is 11.7. The lowest BCUT2D eigenvalue weighted by molar-refractivity contribution is -0.116. The van der Waals surface area contributed by atoms with Crippen LogP contribution in [-0.4, -0.2) is 33.9 Å². The summed E-state index contributed by atoms with van der Waals surface area (Å²) in [7, 11) is 1.64. The van der Waals surface area contributed by atoms with Crippen molar-refractivity contribution in [3.63, 3.8) is 0 Å².